The largest absolute Gasteiger partial charge is 0.357 e. The molecule has 1 amide bonds. The van der Waals surface area contributed by atoms with Crippen molar-refractivity contribution in [3.8, 4) is 0 Å². The molecule has 4 fully saturated rings. The van der Waals surface area contributed by atoms with Gasteiger partial charge in [-0.2, -0.15) is 0 Å². The number of H-pyrrole nitrogens is 1. The van der Waals surface area contributed by atoms with Crippen LogP contribution in [0.3, 0.4) is 0 Å². The van der Waals surface area contributed by atoms with Crippen molar-refractivity contribution in [2.45, 2.75) is 30.8 Å². The summed E-state index contributed by atoms with van der Waals surface area (Å²) in [5.74, 6) is 1.26. The molecule has 6 rings (SSSR count). The number of aromatic amines is 1. The fourth-order valence-corrected chi connectivity index (χ4v) is 5.27. The number of rotatable bonds is 2. The topological polar surface area (TPSA) is 39.3 Å². The van der Waals surface area contributed by atoms with Gasteiger partial charge >= 0.3 is 0 Å². The minimum atomic E-state index is 0.169. The van der Waals surface area contributed by atoms with Crippen LogP contribution in [-0.2, 0) is 0 Å². The molecule has 4 heteroatoms. The first kappa shape index (κ1) is 14.3. The maximum atomic E-state index is 13.1. The molecule has 1 aromatic carbocycles. The van der Waals surface area contributed by atoms with Crippen molar-refractivity contribution < 1.29 is 4.79 Å². The van der Waals surface area contributed by atoms with E-state index in [-0.39, 0.29) is 5.91 Å². The van der Waals surface area contributed by atoms with Gasteiger partial charge in [-0.05, 0) is 49.5 Å². The second-order valence-electron chi connectivity index (χ2n) is 7.41. The molecule has 0 saturated carbocycles. The van der Waals surface area contributed by atoms with Gasteiger partial charge in [-0.1, -0.05) is 30.3 Å². The van der Waals surface area contributed by atoms with Crippen molar-refractivity contribution in [1.82, 2.24) is 14.8 Å². The first-order valence-electron chi connectivity index (χ1n) is 9.06. The normalized spacial score (nSPS) is 34.3. The summed E-state index contributed by atoms with van der Waals surface area (Å²) in [5, 5.41) is 0. The van der Waals surface area contributed by atoms with Gasteiger partial charge in [0.1, 0.15) is 5.69 Å². The summed E-state index contributed by atoms with van der Waals surface area (Å²) in [7, 11) is 0. The highest BCUT2D eigenvalue weighted by Gasteiger charge is 2.54. The summed E-state index contributed by atoms with van der Waals surface area (Å²) in [6.45, 7) is 3.23. The average Bonchev–Trinajstić information content (AvgIpc) is 3.32. The fraction of sp³-hybridized carbons (Fsp3) is 0.450. The summed E-state index contributed by atoms with van der Waals surface area (Å²) < 4.78 is 0. The van der Waals surface area contributed by atoms with E-state index in [4.69, 9.17) is 0 Å². The van der Waals surface area contributed by atoms with Gasteiger partial charge < -0.3 is 9.88 Å². The third-order valence-corrected chi connectivity index (χ3v) is 6.31. The van der Waals surface area contributed by atoms with E-state index in [0.717, 1.165) is 12.2 Å². The number of aromatic nitrogens is 1. The lowest BCUT2D eigenvalue weighted by Gasteiger charge is -2.51. The predicted molar refractivity (Wildman–Crippen MR) is 92.9 cm³/mol. The standard InChI is InChI=1S/C20H23N3O/c24-20(17-7-4-10-21-17)23-13-16(14-5-2-1-3-6-14)19-18(23)15-8-11-22(19)12-9-15/h1-7,10,15-16,18-19,21H,8-9,11-13H2/t16-,18+,19+/m1/s1. The van der Waals surface area contributed by atoms with Crippen LogP contribution in [-0.4, -0.2) is 52.4 Å². The van der Waals surface area contributed by atoms with Gasteiger partial charge in [0.05, 0.1) is 6.04 Å². The second kappa shape index (κ2) is 5.49. The van der Waals surface area contributed by atoms with Crippen molar-refractivity contribution in [2.24, 2.45) is 5.92 Å². The Balaban J connectivity index is 1.54. The smallest absolute Gasteiger partial charge is 0.270 e. The molecular formula is C20H23N3O. The molecule has 0 aliphatic carbocycles. The second-order valence-corrected chi connectivity index (χ2v) is 7.41. The monoisotopic (exact) mass is 321 g/mol. The Bertz CT molecular complexity index is 719. The molecule has 1 aromatic heterocycles. The molecule has 1 N–H and O–H groups in total. The highest BCUT2D eigenvalue weighted by atomic mass is 16.2. The molecule has 4 aliphatic heterocycles. The summed E-state index contributed by atoms with van der Waals surface area (Å²) in [5.41, 5.74) is 2.10. The van der Waals surface area contributed by atoms with Crippen LogP contribution in [0.2, 0.25) is 0 Å². The van der Waals surface area contributed by atoms with Crippen molar-refractivity contribution in [1.29, 1.82) is 0 Å². The Morgan fingerprint density at radius 3 is 2.50 bits per heavy atom. The summed E-state index contributed by atoms with van der Waals surface area (Å²) >= 11 is 0. The highest BCUT2D eigenvalue weighted by Crippen LogP contribution is 2.46. The van der Waals surface area contributed by atoms with Gasteiger partial charge in [-0.15, -0.1) is 0 Å². The van der Waals surface area contributed by atoms with Gasteiger partial charge in [-0.25, -0.2) is 0 Å². The van der Waals surface area contributed by atoms with Crippen molar-refractivity contribution >= 4 is 5.91 Å². The Kier molecular flexibility index (Phi) is 3.27. The summed E-state index contributed by atoms with van der Waals surface area (Å²) in [6.07, 6.45) is 4.31. The average molecular weight is 321 g/mol. The zero-order valence-electron chi connectivity index (χ0n) is 13.8. The molecule has 124 valence electrons. The molecule has 24 heavy (non-hydrogen) atoms. The van der Waals surface area contributed by atoms with Gasteiger partial charge in [0.2, 0.25) is 0 Å². The van der Waals surface area contributed by atoms with E-state index >= 15 is 0 Å². The highest BCUT2D eigenvalue weighted by molar-refractivity contribution is 5.93. The Labute approximate surface area is 142 Å². The third-order valence-electron chi connectivity index (χ3n) is 6.31. The number of piperidine rings is 3. The Morgan fingerprint density at radius 2 is 1.79 bits per heavy atom. The molecule has 4 saturated heterocycles. The number of hydrogen-bond donors (Lipinski definition) is 1. The van der Waals surface area contributed by atoms with Gasteiger partial charge in [0.15, 0.2) is 0 Å². The quantitative estimate of drug-likeness (QED) is 0.924. The van der Waals surface area contributed by atoms with Gasteiger partial charge in [0, 0.05) is 24.7 Å². The number of nitrogens with one attached hydrogen (secondary N) is 1. The first-order valence-corrected chi connectivity index (χ1v) is 9.06. The van der Waals surface area contributed by atoms with E-state index in [1.54, 1.807) is 0 Å². The zero-order valence-corrected chi connectivity index (χ0v) is 13.8. The van der Waals surface area contributed by atoms with Gasteiger partial charge in [-0.3, -0.25) is 9.69 Å². The van der Waals surface area contributed by atoms with Gasteiger partial charge in [0.25, 0.3) is 5.91 Å². The molecule has 0 unspecified atom stereocenters. The van der Waals surface area contributed by atoms with E-state index in [1.807, 2.05) is 18.3 Å². The summed E-state index contributed by atoms with van der Waals surface area (Å²) in [4.78, 5) is 21.0. The summed E-state index contributed by atoms with van der Waals surface area (Å²) in [6, 6.07) is 15.4. The Hall–Kier alpha value is -2.07. The molecule has 0 spiro atoms. The van der Waals surface area contributed by atoms with Crippen LogP contribution in [0.25, 0.3) is 0 Å². The number of carbonyl (C=O) groups is 1. The third kappa shape index (κ3) is 2.06. The molecule has 0 radical (unpaired) electrons. The molecule has 4 nitrogen and oxygen atoms in total. The molecule has 2 aromatic rings. The minimum Gasteiger partial charge on any atom is -0.357 e. The molecule has 5 heterocycles. The number of benzene rings is 1. The zero-order chi connectivity index (χ0) is 16.1. The first-order chi connectivity index (χ1) is 11.8. The molecule has 3 atom stereocenters. The fourth-order valence-electron chi connectivity index (χ4n) is 5.27. The number of hydrogen-bond acceptors (Lipinski definition) is 2. The molecule has 4 aliphatic rings. The Morgan fingerprint density at radius 1 is 1.00 bits per heavy atom. The van der Waals surface area contributed by atoms with Crippen molar-refractivity contribution in [3.05, 3.63) is 59.9 Å². The van der Waals surface area contributed by atoms with E-state index in [9.17, 15) is 4.79 Å². The van der Waals surface area contributed by atoms with E-state index in [2.05, 4.69) is 45.1 Å². The number of fused-ring (bicyclic) bond motifs is 2. The van der Waals surface area contributed by atoms with E-state index in [1.165, 1.54) is 31.5 Å². The van der Waals surface area contributed by atoms with Crippen LogP contribution in [0.5, 0.6) is 0 Å². The minimum absolute atomic E-state index is 0.169. The molecular weight excluding hydrogens is 298 g/mol. The van der Waals surface area contributed by atoms with Crippen LogP contribution >= 0.6 is 0 Å². The van der Waals surface area contributed by atoms with Crippen molar-refractivity contribution in [3.63, 3.8) is 0 Å². The maximum Gasteiger partial charge on any atom is 0.270 e. The molecule has 2 bridgehead atoms. The van der Waals surface area contributed by atoms with Crippen LogP contribution in [0.4, 0.5) is 0 Å². The predicted octanol–water partition coefficient (Wildman–Crippen LogP) is 2.72. The number of likely N-dealkylation sites (tertiary alicyclic amines) is 1. The van der Waals surface area contributed by atoms with Crippen LogP contribution in [0.15, 0.2) is 48.7 Å². The van der Waals surface area contributed by atoms with Crippen molar-refractivity contribution in [2.75, 3.05) is 19.6 Å². The number of carbonyl (C=O) groups excluding carboxylic acids is 1. The lowest BCUT2D eigenvalue weighted by atomic mass is 9.75. The lowest BCUT2D eigenvalue weighted by molar-refractivity contribution is -0.00356. The number of amides is 1. The maximum absolute atomic E-state index is 13.1. The lowest BCUT2D eigenvalue weighted by Crippen LogP contribution is -2.60. The van der Waals surface area contributed by atoms with Crippen LogP contribution < -0.4 is 0 Å². The van der Waals surface area contributed by atoms with Crippen LogP contribution in [0.1, 0.15) is 34.8 Å². The van der Waals surface area contributed by atoms with E-state index in [0.29, 0.717) is 23.9 Å². The van der Waals surface area contributed by atoms with Crippen LogP contribution in [0, 0.1) is 5.92 Å². The van der Waals surface area contributed by atoms with E-state index < -0.39 is 0 Å². The SMILES string of the molecule is O=C(c1ccc[nH]1)N1C[C@H](c2ccccc2)[C@H]2[C@@H]1C1CCN2CC1. The number of nitrogens with zero attached hydrogens (tertiary/aromatic N) is 2.